The van der Waals surface area contributed by atoms with Crippen molar-refractivity contribution in [3.8, 4) is 0 Å². The molecule has 0 saturated carbocycles. The summed E-state index contributed by atoms with van der Waals surface area (Å²) in [5.41, 5.74) is 6.55. The van der Waals surface area contributed by atoms with Gasteiger partial charge in [0.25, 0.3) is 5.91 Å². The molecule has 12 heteroatoms. The molecule has 1 aliphatic carbocycles. The van der Waals surface area contributed by atoms with Crippen molar-refractivity contribution in [3.63, 3.8) is 0 Å². The van der Waals surface area contributed by atoms with E-state index in [1.54, 1.807) is 32.1 Å². The van der Waals surface area contributed by atoms with Gasteiger partial charge < -0.3 is 40.6 Å². The van der Waals surface area contributed by atoms with Crippen LogP contribution in [0.25, 0.3) is 0 Å². The third-order valence-electron chi connectivity index (χ3n) is 7.65. The van der Waals surface area contributed by atoms with E-state index in [1.807, 2.05) is 32.8 Å². The molecule has 44 heavy (non-hydrogen) atoms. The van der Waals surface area contributed by atoms with Crippen molar-refractivity contribution in [1.82, 2.24) is 15.5 Å². The molecule has 244 valence electrons. The van der Waals surface area contributed by atoms with Gasteiger partial charge in [-0.25, -0.2) is 4.79 Å². The Kier molecular flexibility index (Phi) is 14.2. The number of nitrogens with two attached hydrogens (primary N) is 1. The second-order valence-electron chi connectivity index (χ2n) is 11.7. The van der Waals surface area contributed by atoms with Crippen LogP contribution in [0, 0.1) is 11.8 Å². The zero-order chi connectivity index (χ0) is 33.1. The number of nitrogens with zero attached hydrogens (tertiary/aromatic N) is 1. The number of aliphatic hydroxyl groups excluding tert-OH is 1. The summed E-state index contributed by atoms with van der Waals surface area (Å²) in [6.07, 6.45) is 3.88. The van der Waals surface area contributed by atoms with Crippen molar-refractivity contribution in [1.29, 1.82) is 0 Å². The van der Waals surface area contributed by atoms with E-state index in [0.29, 0.717) is 25.1 Å². The molecular formula is C32H48N4O8. The maximum atomic E-state index is 13.7. The lowest BCUT2D eigenvalue weighted by atomic mass is 9.85. The lowest BCUT2D eigenvalue weighted by Crippen LogP contribution is -2.38. The molecule has 0 fully saturated rings. The molecule has 0 aromatic rings. The lowest BCUT2D eigenvalue weighted by molar-refractivity contribution is -0.120. The molecule has 0 spiro atoms. The number of allylic oxidation sites excluding steroid dienone is 4. The van der Waals surface area contributed by atoms with Crippen molar-refractivity contribution in [2.75, 3.05) is 41.4 Å². The number of rotatable bonds is 7. The van der Waals surface area contributed by atoms with Gasteiger partial charge in [0.05, 0.1) is 23.6 Å². The molecule has 1 aliphatic heterocycles. The predicted octanol–water partition coefficient (Wildman–Crippen LogP) is 1.91. The van der Waals surface area contributed by atoms with Crippen molar-refractivity contribution in [3.05, 3.63) is 58.5 Å². The van der Waals surface area contributed by atoms with Crippen molar-refractivity contribution < 1.29 is 38.5 Å². The summed E-state index contributed by atoms with van der Waals surface area (Å²) in [7, 11) is 6.74. The van der Waals surface area contributed by atoms with Crippen LogP contribution in [0.15, 0.2) is 58.5 Å². The Bertz CT molecular complexity index is 1230. The molecule has 0 unspecified atom stereocenters. The quantitative estimate of drug-likeness (QED) is 0.245. The predicted molar refractivity (Wildman–Crippen MR) is 166 cm³/mol. The SMILES string of the molecule is CO[C@@H]1/C=C\C=C(/C)C(=O)NC2=CC(=O)C(NCCN(C)C)=C(C[C@@H](C)C[C@@H](OC)[C@@H](O)[C@H](C)/C=C(\C)[C@H]1OC(N)=O)C2=O. The molecule has 0 aromatic carbocycles. The first-order chi connectivity index (χ1) is 20.7. The number of carbonyl (C=O) groups excluding carboxylic acids is 4. The average molecular weight is 617 g/mol. The van der Waals surface area contributed by atoms with E-state index in [0.717, 1.165) is 6.08 Å². The smallest absolute Gasteiger partial charge is 0.405 e. The van der Waals surface area contributed by atoms with Crippen LogP contribution in [-0.2, 0) is 28.6 Å². The monoisotopic (exact) mass is 616 g/mol. The van der Waals surface area contributed by atoms with Gasteiger partial charge in [-0.2, -0.15) is 0 Å². The second-order valence-corrected chi connectivity index (χ2v) is 11.7. The van der Waals surface area contributed by atoms with E-state index in [9.17, 15) is 24.3 Å². The number of ether oxygens (including phenoxy) is 3. The van der Waals surface area contributed by atoms with Gasteiger partial charge in [0.15, 0.2) is 6.10 Å². The summed E-state index contributed by atoms with van der Waals surface area (Å²) < 4.78 is 16.6. The Morgan fingerprint density at radius 3 is 2.43 bits per heavy atom. The molecule has 6 atom stereocenters. The van der Waals surface area contributed by atoms with E-state index >= 15 is 0 Å². The fourth-order valence-corrected chi connectivity index (χ4v) is 5.18. The van der Waals surface area contributed by atoms with E-state index in [2.05, 4.69) is 10.6 Å². The Balaban J connectivity index is 2.60. The first kappa shape index (κ1) is 36.6. The van der Waals surface area contributed by atoms with Gasteiger partial charge in [-0.3, -0.25) is 14.4 Å². The molecule has 12 nitrogen and oxygen atoms in total. The maximum absolute atomic E-state index is 13.7. The van der Waals surface area contributed by atoms with Gasteiger partial charge in [-0.1, -0.05) is 38.2 Å². The van der Waals surface area contributed by atoms with Crippen LogP contribution < -0.4 is 16.4 Å². The molecule has 2 amide bonds. The largest absolute Gasteiger partial charge is 0.439 e. The van der Waals surface area contributed by atoms with E-state index in [1.165, 1.54) is 20.3 Å². The van der Waals surface area contributed by atoms with Crippen LogP contribution in [0.1, 0.15) is 40.5 Å². The van der Waals surface area contributed by atoms with Gasteiger partial charge in [0.1, 0.15) is 6.10 Å². The fourth-order valence-electron chi connectivity index (χ4n) is 5.18. The Labute approximate surface area is 260 Å². The van der Waals surface area contributed by atoms with Crippen molar-refractivity contribution >= 4 is 23.6 Å². The molecule has 2 aliphatic rings. The van der Waals surface area contributed by atoms with Crippen molar-refractivity contribution in [2.24, 2.45) is 17.6 Å². The van der Waals surface area contributed by atoms with Crippen LogP contribution in [-0.4, -0.2) is 99.4 Å². The van der Waals surface area contributed by atoms with E-state index in [4.69, 9.17) is 19.9 Å². The van der Waals surface area contributed by atoms with Crippen LogP contribution in [0.5, 0.6) is 0 Å². The molecule has 2 bridgehead atoms. The number of methoxy groups -OCH3 is 2. The fraction of sp³-hybridized carbons (Fsp3) is 0.562. The zero-order valence-electron chi connectivity index (χ0n) is 27.0. The summed E-state index contributed by atoms with van der Waals surface area (Å²) >= 11 is 0. The van der Waals surface area contributed by atoms with Gasteiger partial charge in [0.2, 0.25) is 11.6 Å². The average Bonchev–Trinajstić information content (AvgIpc) is 2.95. The summed E-state index contributed by atoms with van der Waals surface area (Å²) in [5.74, 6) is -2.06. The van der Waals surface area contributed by atoms with Gasteiger partial charge in [0, 0.05) is 50.4 Å². The number of fused-ring (bicyclic) bond motifs is 2. The third kappa shape index (κ3) is 10.3. The number of likely N-dealkylation sites (N-methyl/N-ethyl adjacent to an activating group) is 1. The molecular weight excluding hydrogens is 568 g/mol. The molecule has 2 rings (SSSR count). The van der Waals surface area contributed by atoms with Crippen LogP contribution >= 0.6 is 0 Å². The number of amides is 2. The van der Waals surface area contributed by atoms with E-state index in [-0.39, 0.29) is 34.9 Å². The van der Waals surface area contributed by atoms with Crippen LogP contribution in [0.4, 0.5) is 4.79 Å². The Hall–Kier alpha value is -3.58. The lowest BCUT2D eigenvalue weighted by Gasteiger charge is -2.30. The maximum Gasteiger partial charge on any atom is 0.405 e. The first-order valence-corrected chi connectivity index (χ1v) is 14.7. The third-order valence-corrected chi connectivity index (χ3v) is 7.65. The number of Topliss-reactive ketones (excluding diaryl/α,β-unsaturated/α-hetero) is 1. The number of carbonyl (C=O) groups is 4. The van der Waals surface area contributed by atoms with Gasteiger partial charge >= 0.3 is 6.09 Å². The highest BCUT2D eigenvalue weighted by atomic mass is 16.6. The molecule has 0 radical (unpaired) electrons. The number of hydrogen-bond acceptors (Lipinski definition) is 10. The normalized spacial score (nSPS) is 31.0. The number of primary amides is 1. The highest BCUT2D eigenvalue weighted by Gasteiger charge is 2.33. The minimum Gasteiger partial charge on any atom is -0.439 e. The molecule has 0 aromatic heterocycles. The highest BCUT2D eigenvalue weighted by molar-refractivity contribution is 6.23. The number of aliphatic hydroxyl groups is 1. The minimum absolute atomic E-state index is 0.114. The molecule has 5 N–H and O–H groups in total. The topological polar surface area (TPSA) is 170 Å². The Morgan fingerprint density at radius 2 is 1.84 bits per heavy atom. The standard InChI is InChI=1S/C32H48N4O8/c1-18-14-22-27(34-12-13-36(5)6)24(37)17-23(29(22)39)35-31(40)19(2)10-9-11-25(42-7)30(44-32(33)41)21(4)16-20(3)28(38)26(15-18)43-8/h9-11,16-18,20,25-26,28,30,34,38H,12-15H2,1-8H3,(H2,33,41)(H,35,40)/b11-9-,19-10+,21-16+/t18-,20-,25-,26-,28+,30-/m1/s1. The second kappa shape index (κ2) is 17.0. The summed E-state index contributed by atoms with van der Waals surface area (Å²) in [4.78, 5) is 53.7. The van der Waals surface area contributed by atoms with Crippen LogP contribution in [0.2, 0.25) is 0 Å². The number of hydrogen-bond donors (Lipinski definition) is 4. The van der Waals surface area contributed by atoms with Gasteiger partial charge in [-0.15, -0.1) is 0 Å². The first-order valence-electron chi connectivity index (χ1n) is 14.7. The molecule has 1 heterocycles. The van der Waals surface area contributed by atoms with Crippen LogP contribution in [0.3, 0.4) is 0 Å². The molecule has 0 saturated heterocycles. The number of nitrogens with one attached hydrogen (secondary N) is 2. The van der Waals surface area contributed by atoms with E-state index < -0.39 is 53.9 Å². The zero-order valence-corrected chi connectivity index (χ0v) is 27.0. The highest BCUT2D eigenvalue weighted by Crippen LogP contribution is 2.28. The van der Waals surface area contributed by atoms with Crippen molar-refractivity contribution in [2.45, 2.75) is 65.0 Å². The summed E-state index contributed by atoms with van der Waals surface area (Å²) in [5, 5.41) is 17.0. The number of ketones is 2. The van der Waals surface area contributed by atoms with Gasteiger partial charge in [-0.05, 0) is 52.3 Å². The summed E-state index contributed by atoms with van der Waals surface area (Å²) in [6.45, 7) is 8.09. The Morgan fingerprint density at radius 1 is 1.16 bits per heavy atom. The summed E-state index contributed by atoms with van der Waals surface area (Å²) in [6, 6.07) is 0. The minimum atomic E-state index is -0.997.